The van der Waals surface area contributed by atoms with Gasteiger partial charge in [0, 0.05) is 41.5 Å². The van der Waals surface area contributed by atoms with Gasteiger partial charge < -0.3 is 29.6 Å². The molecule has 4 rings (SSSR count). The van der Waals surface area contributed by atoms with Gasteiger partial charge in [-0.25, -0.2) is 9.97 Å². The second kappa shape index (κ2) is 12.3. The Bertz CT molecular complexity index is 1410. The third-order valence-electron chi connectivity index (χ3n) is 5.61. The van der Waals surface area contributed by atoms with Crippen molar-refractivity contribution in [1.29, 1.82) is 0 Å². The number of pyridine rings is 2. The zero-order chi connectivity index (χ0) is 26.9. The molecular formula is C29H28N4O5. The van der Waals surface area contributed by atoms with Crippen LogP contribution >= 0.6 is 0 Å². The lowest BCUT2D eigenvalue weighted by Gasteiger charge is -2.15. The van der Waals surface area contributed by atoms with E-state index >= 15 is 0 Å². The number of carbonyl (C=O) groups is 1. The van der Waals surface area contributed by atoms with E-state index in [1.165, 1.54) is 6.08 Å². The first-order valence-corrected chi connectivity index (χ1v) is 11.7. The molecular weight excluding hydrogens is 484 g/mol. The number of nitrogens with zero attached hydrogens (tertiary/aromatic N) is 2. The van der Waals surface area contributed by atoms with Gasteiger partial charge in [0.05, 0.1) is 34.0 Å². The highest BCUT2D eigenvalue weighted by Gasteiger charge is 2.15. The molecule has 9 nitrogen and oxygen atoms in total. The van der Waals surface area contributed by atoms with Crippen molar-refractivity contribution in [2.24, 2.45) is 0 Å². The van der Waals surface area contributed by atoms with Gasteiger partial charge in [-0.1, -0.05) is 0 Å². The second-order valence-corrected chi connectivity index (χ2v) is 7.93. The van der Waals surface area contributed by atoms with E-state index < -0.39 is 0 Å². The van der Waals surface area contributed by atoms with E-state index in [0.717, 1.165) is 11.4 Å². The molecule has 4 aromatic rings. The Morgan fingerprint density at radius 1 is 0.737 bits per heavy atom. The number of hydrogen-bond acceptors (Lipinski definition) is 9. The maximum Gasteiger partial charge on any atom is 0.203 e. The predicted molar refractivity (Wildman–Crippen MR) is 147 cm³/mol. The molecule has 9 heteroatoms. The highest BCUT2D eigenvalue weighted by Crippen LogP contribution is 2.40. The van der Waals surface area contributed by atoms with E-state index in [2.05, 4.69) is 20.6 Å². The summed E-state index contributed by atoms with van der Waals surface area (Å²) in [5, 5.41) is 6.46. The first-order chi connectivity index (χ1) is 18.6. The Morgan fingerprint density at radius 3 is 2.00 bits per heavy atom. The smallest absolute Gasteiger partial charge is 0.203 e. The minimum Gasteiger partial charge on any atom is -0.497 e. The zero-order valence-corrected chi connectivity index (χ0v) is 21.5. The summed E-state index contributed by atoms with van der Waals surface area (Å²) >= 11 is 0. The number of ether oxygens (including phenoxy) is 4. The van der Waals surface area contributed by atoms with Gasteiger partial charge >= 0.3 is 0 Å². The van der Waals surface area contributed by atoms with E-state index in [9.17, 15) is 4.79 Å². The van der Waals surface area contributed by atoms with Crippen LogP contribution in [0.1, 0.15) is 15.9 Å². The molecule has 0 aliphatic heterocycles. The summed E-state index contributed by atoms with van der Waals surface area (Å²) in [5.41, 5.74) is 2.61. The Hall–Kier alpha value is -5.05. The lowest BCUT2D eigenvalue weighted by Crippen LogP contribution is -2.03. The quantitative estimate of drug-likeness (QED) is 0.188. The lowest BCUT2D eigenvalue weighted by molar-refractivity contribution is 0.104. The first-order valence-electron chi connectivity index (χ1n) is 11.7. The molecule has 0 radical (unpaired) electrons. The molecule has 0 saturated carbocycles. The molecule has 0 aliphatic rings. The fourth-order valence-corrected chi connectivity index (χ4v) is 3.72. The van der Waals surface area contributed by atoms with Crippen LogP contribution < -0.4 is 29.6 Å². The van der Waals surface area contributed by atoms with Crippen molar-refractivity contribution in [3.63, 3.8) is 0 Å². The Labute approximate surface area is 221 Å². The van der Waals surface area contributed by atoms with E-state index in [4.69, 9.17) is 18.9 Å². The molecule has 2 aromatic heterocycles. The Kier molecular flexibility index (Phi) is 8.40. The van der Waals surface area contributed by atoms with Crippen LogP contribution in [-0.2, 0) is 0 Å². The van der Waals surface area contributed by atoms with Crippen LogP contribution in [0.25, 0.3) is 6.08 Å². The molecule has 2 aromatic carbocycles. The van der Waals surface area contributed by atoms with Crippen molar-refractivity contribution in [3.05, 3.63) is 90.3 Å². The van der Waals surface area contributed by atoms with Gasteiger partial charge in [0.2, 0.25) is 5.75 Å². The van der Waals surface area contributed by atoms with Gasteiger partial charge in [0.25, 0.3) is 0 Å². The highest BCUT2D eigenvalue weighted by molar-refractivity contribution is 6.10. The maximum atomic E-state index is 13.2. The summed E-state index contributed by atoms with van der Waals surface area (Å²) in [4.78, 5) is 22.0. The number of nitrogens with one attached hydrogen (secondary N) is 2. The normalized spacial score (nSPS) is 10.6. The van der Waals surface area contributed by atoms with E-state index in [-0.39, 0.29) is 5.78 Å². The fraction of sp³-hybridized carbons (Fsp3) is 0.138. The first kappa shape index (κ1) is 26.0. The fourth-order valence-electron chi connectivity index (χ4n) is 3.72. The van der Waals surface area contributed by atoms with Crippen molar-refractivity contribution in [2.45, 2.75) is 0 Å². The number of rotatable bonds is 11. The molecule has 38 heavy (non-hydrogen) atoms. The molecule has 0 aliphatic carbocycles. The standard InChI is InChI=1S/C29H28N4O5/c1-35-22-12-10-20(11-13-22)32-29-23(8-6-16-31-29)24(34)14-9-19-7-5-15-30-28(19)33-21-17-25(36-2)27(38-4)26(18-21)37-3/h5-18H,1-4H3,(H,30,33)(H,31,32). The van der Waals surface area contributed by atoms with Crippen LogP contribution in [0, 0.1) is 0 Å². The molecule has 194 valence electrons. The van der Waals surface area contributed by atoms with Gasteiger partial charge in [-0.15, -0.1) is 0 Å². The largest absolute Gasteiger partial charge is 0.497 e. The maximum absolute atomic E-state index is 13.2. The van der Waals surface area contributed by atoms with Crippen molar-refractivity contribution < 1.29 is 23.7 Å². The molecule has 2 N–H and O–H groups in total. The number of benzene rings is 2. The summed E-state index contributed by atoms with van der Waals surface area (Å²) < 4.78 is 21.5. The van der Waals surface area contributed by atoms with Gasteiger partial charge in [0.15, 0.2) is 17.3 Å². The van der Waals surface area contributed by atoms with Gasteiger partial charge in [-0.3, -0.25) is 4.79 Å². The number of hydrogen-bond donors (Lipinski definition) is 2. The van der Waals surface area contributed by atoms with Crippen LogP contribution in [0.5, 0.6) is 23.0 Å². The predicted octanol–water partition coefficient (Wildman–Crippen LogP) is 5.89. The van der Waals surface area contributed by atoms with E-state index in [1.807, 2.05) is 30.3 Å². The number of aromatic nitrogens is 2. The lowest BCUT2D eigenvalue weighted by atomic mass is 10.1. The van der Waals surface area contributed by atoms with Crippen molar-refractivity contribution >= 4 is 34.9 Å². The molecule has 0 atom stereocenters. The average molecular weight is 513 g/mol. The molecule has 0 unspecified atom stereocenters. The molecule has 0 amide bonds. The third-order valence-corrected chi connectivity index (χ3v) is 5.61. The van der Waals surface area contributed by atoms with Crippen LogP contribution in [0.15, 0.2) is 79.1 Å². The molecule has 0 bridgehead atoms. The molecule has 2 heterocycles. The monoisotopic (exact) mass is 512 g/mol. The van der Waals surface area contributed by atoms with Crippen molar-refractivity contribution in [3.8, 4) is 23.0 Å². The van der Waals surface area contributed by atoms with Gasteiger partial charge in [0.1, 0.15) is 17.4 Å². The number of methoxy groups -OCH3 is 4. The van der Waals surface area contributed by atoms with Crippen molar-refractivity contribution in [1.82, 2.24) is 9.97 Å². The summed E-state index contributed by atoms with van der Waals surface area (Å²) in [6.45, 7) is 0. The minimum absolute atomic E-state index is 0.211. The second-order valence-electron chi connectivity index (χ2n) is 7.93. The van der Waals surface area contributed by atoms with Gasteiger partial charge in [-0.05, 0) is 60.7 Å². The van der Waals surface area contributed by atoms with Crippen molar-refractivity contribution in [2.75, 3.05) is 39.1 Å². The van der Waals surface area contributed by atoms with E-state index in [0.29, 0.717) is 45.7 Å². The van der Waals surface area contributed by atoms with Crippen LogP contribution in [0.2, 0.25) is 0 Å². The highest BCUT2D eigenvalue weighted by atomic mass is 16.5. The molecule has 0 spiro atoms. The van der Waals surface area contributed by atoms with Gasteiger partial charge in [-0.2, -0.15) is 0 Å². The number of carbonyl (C=O) groups excluding carboxylic acids is 1. The zero-order valence-electron chi connectivity index (χ0n) is 21.5. The Balaban J connectivity index is 1.56. The summed E-state index contributed by atoms with van der Waals surface area (Å²) in [6, 6.07) is 18.0. The Morgan fingerprint density at radius 2 is 1.37 bits per heavy atom. The van der Waals surface area contributed by atoms with Crippen LogP contribution in [0.4, 0.5) is 23.0 Å². The van der Waals surface area contributed by atoms with E-state index in [1.54, 1.807) is 77.2 Å². The average Bonchev–Trinajstić information content (AvgIpc) is 2.96. The molecule has 0 fully saturated rings. The number of ketones is 1. The number of anilines is 4. The summed E-state index contributed by atoms with van der Waals surface area (Å²) in [5.74, 6) is 3.03. The number of allylic oxidation sites excluding steroid dienone is 1. The van der Waals surface area contributed by atoms with Crippen LogP contribution in [-0.4, -0.2) is 44.2 Å². The summed E-state index contributed by atoms with van der Waals surface area (Å²) in [6.07, 6.45) is 6.50. The SMILES string of the molecule is COc1ccc(Nc2ncccc2C(=O)C=Cc2cccnc2Nc2cc(OC)c(OC)c(OC)c2)cc1. The third kappa shape index (κ3) is 6.01. The topological polar surface area (TPSA) is 104 Å². The van der Waals surface area contributed by atoms with Crippen LogP contribution in [0.3, 0.4) is 0 Å². The minimum atomic E-state index is -0.211. The summed E-state index contributed by atoms with van der Waals surface area (Å²) in [7, 11) is 6.26. The molecule has 0 saturated heterocycles.